The summed E-state index contributed by atoms with van der Waals surface area (Å²) in [6.45, 7) is -0.0952. The van der Waals surface area contributed by atoms with E-state index in [9.17, 15) is 9.59 Å². The Hall–Kier alpha value is -3.33. The highest BCUT2D eigenvalue weighted by Gasteiger charge is 2.10. The molecule has 0 aliphatic carbocycles. The molecule has 0 bridgehead atoms. The molecule has 0 saturated carbocycles. The second-order valence-electron chi connectivity index (χ2n) is 4.74. The van der Waals surface area contributed by atoms with Crippen molar-refractivity contribution in [2.45, 2.75) is 6.54 Å². The normalized spacial score (nSPS) is 9.70. The molecular weight excluding hydrogens is 294 g/mol. The Morgan fingerprint density at radius 2 is 1.91 bits per heavy atom. The van der Waals surface area contributed by atoms with Crippen LogP contribution >= 0.6 is 0 Å². The lowest BCUT2D eigenvalue weighted by atomic mass is 10.1. The predicted molar refractivity (Wildman–Crippen MR) is 83.5 cm³/mol. The van der Waals surface area contributed by atoms with E-state index in [4.69, 9.17) is 15.7 Å². The highest BCUT2D eigenvalue weighted by Crippen LogP contribution is 2.20. The highest BCUT2D eigenvalue weighted by atomic mass is 16.5. The fourth-order valence-electron chi connectivity index (χ4n) is 1.92. The Labute approximate surface area is 133 Å². The van der Waals surface area contributed by atoms with Gasteiger partial charge in [0.05, 0.1) is 11.6 Å². The Balaban J connectivity index is 2.10. The summed E-state index contributed by atoms with van der Waals surface area (Å²) >= 11 is 0. The van der Waals surface area contributed by atoms with Gasteiger partial charge in [-0.15, -0.1) is 0 Å². The first kappa shape index (κ1) is 16.0. The van der Waals surface area contributed by atoms with E-state index in [2.05, 4.69) is 5.32 Å². The number of nitrogens with two attached hydrogens (primary N) is 1. The minimum Gasteiger partial charge on any atom is -0.483 e. The maximum Gasteiger partial charge on any atom is 0.255 e. The van der Waals surface area contributed by atoms with Gasteiger partial charge in [0.2, 0.25) is 0 Å². The summed E-state index contributed by atoms with van der Waals surface area (Å²) in [4.78, 5) is 22.9. The molecule has 0 aliphatic rings. The average Bonchev–Trinajstić information content (AvgIpc) is 2.58. The molecule has 0 heterocycles. The first-order chi connectivity index (χ1) is 11.1. The molecule has 0 unspecified atom stereocenters. The van der Waals surface area contributed by atoms with Crippen LogP contribution in [-0.4, -0.2) is 18.4 Å². The number of carbonyl (C=O) groups excluding carboxylic acids is 2. The molecule has 2 rings (SSSR count). The monoisotopic (exact) mass is 309 g/mol. The molecule has 2 aromatic rings. The molecule has 0 radical (unpaired) electrons. The van der Waals surface area contributed by atoms with Gasteiger partial charge in [-0.05, 0) is 24.3 Å². The SMILES string of the molecule is N#Cc1ccc(CNC(=O)c2ccccc2)c(OCC(N)=O)c1. The minimum absolute atomic E-state index is 0.202. The van der Waals surface area contributed by atoms with Crippen LogP contribution in [0.25, 0.3) is 0 Å². The van der Waals surface area contributed by atoms with E-state index in [1.54, 1.807) is 36.4 Å². The van der Waals surface area contributed by atoms with Gasteiger partial charge in [0.25, 0.3) is 11.8 Å². The maximum absolute atomic E-state index is 12.0. The van der Waals surface area contributed by atoms with Gasteiger partial charge in [-0.1, -0.05) is 24.3 Å². The number of hydrogen-bond acceptors (Lipinski definition) is 4. The summed E-state index contributed by atoms with van der Waals surface area (Å²) < 4.78 is 5.30. The van der Waals surface area contributed by atoms with Gasteiger partial charge in [-0.3, -0.25) is 9.59 Å². The van der Waals surface area contributed by atoms with Crippen molar-refractivity contribution in [2.75, 3.05) is 6.61 Å². The zero-order chi connectivity index (χ0) is 16.7. The van der Waals surface area contributed by atoms with Gasteiger partial charge in [-0.25, -0.2) is 0 Å². The molecule has 0 saturated heterocycles. The van der Waals surface area contributed by atoms with Crippen LogP contribution in [0, 0.1) is 11.3 Å². The topological polar surface area (TPSA) is 105 Å². The Morgan fingerprint density at radius 3 is 2.57 bits per heavy atom. The number of hydrogen-bond donors (Lipinski definition) is 2. The molecule has 23 heavy (non-hydrogen) atoms. The number of rotatable bonds is 6. The van der Waals surface area contributed by atoms with Crippen molar-refractivity contribution in [1.82, 2.24) is 5.32 Å². The molecule has 2 aromatic carbocycles. The van der Waals surface area contributed by atoms with Gasteiger partial charge in [-0.2, -0.15) is 5.26 Å². The minimum atomic E-state index is -0.619. The third-order valence-corrected chi connectivity index (χ3v) is 3.04. The first-order valence-corrected chi connectivity index (χ1v) is 6.87. The van der Waals surface area contributed by atoms with E-state index in [0.717, 1.165) is 0 Å². The largest absolute Gasteiger partial charge is 0.483 e. The fraction of sp³-hybridized carbons (Fsp3) is 0.118. The molecule has 2 amide bonds. The van der Waals surface area contributed by atoms with Crippen LogP contribution in [0.5, 0.6) is 5.75 Å². The van der Waals surface area contributed by atoms with Gasteiger partial charge in [0.1, 0.15) is 5.75 Å². The fourth-order valence-corrected chi connectivity index (χ4v) is 1.92. The number of nitriles is 1. The van der Waals surface area contributed by atoms with Gasteiger partial charge < -0.3 is 15.8 Å². The van der Waals surface area contributed by atoms with E-state index in [-0.39, 0.29) is 19.1 Å². The van der Waals surface area contributed by atoms with E-state index >= 15 is 0 Å². The summed E-state index contributed by atoms with van der Waals surface area (Å²) in [7, 11) is 0. The number of amides is 2. The van der Waals surface area contributed by atoms with Crippen molar-refractivity contribution in [3.8, 4) is 11.8 Å². The van der Waals surface area contributed by atoms with Crippen LogP contribution in [0.3, 0.4) is 0 Å². The number of primary amides is 1. The average molecular weight is 309 g/mol. The van der Waals surface area contributed by atoms with Crippen LogP contribution in [0.15, 0.2) is 48.5 Å². The van der Waals surface area contributed by atoms with Crippen molar-refractivity contribution in [3.05, 3.63) is 65.2 Å². The summed E-state index contributed by atoms with van der Waals surface area (Å²) in [5.74, 6) is -0.501. The number of nitrogens with zero attached hydrogens (tertiary/aromatic N) is 1. The van der Waals surface area contributed by atoms with Crippen molar-refractivity contribution in [1.29, 1.82) is 5.26 Å². The predicted octanol–water partition coefficient (Wildman–Crippen LogP) is 1.35. The van der Waals surface area contributed by atoms with Crippen LogP contribution < -0.4 is 15.8 Å². The van der Waals surface area contributed by atoms with E-state index in [1.807, 2.05) is 12.1 Å². The lowest BCUT2D eigenvalue weighted by molar-refractivity contribution is -0.119. The molecule has 0 spiro atoms. The van der Waals surface area contributed by atoms with E-state index in [0.29, 0.717) is 22.4 Å². The number of benzene rings is 2. The highest BCUT2D eigenvalue weighted by molar-refractivity contribution is 5.94. The second kappa shape index (κ2) is 7.61. The quantitative estimate of drug-likeness (QED) is 0.840. The van der Waals surface area contributed by atoms with Crippen molar-refractivity contribution in [3.63, 3.8) is 0 Å². The summed E-state index contributed by atoms with van der Waals surface area (Å²) in [5.41, 5.74) is 6.64. The van der Waals surface area contributed by atoms with Crippen LogP contribution in [-0.2, 0) is 11.3 Å². The summed E-state index contributed by atoms with van der Waals surface area (Å²) in [6.07, 6.45) is 0. The third-order valence-electron chi connectivity index (χ3n) is 3.04. The van der Waals surface area contributed by atoms with Crippen molar-refractivity contribution in [2.24, 2.45) is 5.73 Å². The standard InChI is InChI=1S/C17H15N3O3/c18-9-12-6-7-14(15(8-12)23-11-16(19)21)10-20-17(22)13-4-2-1-3-5-13/h1-8H,10-11H2,(H2,19,21)(H,20,22). The maximum atomic E-state index is 12.0. The molecule has 0 atom stereocenters. The first-order valence-electron chi connectivity index (χ1n) is 6.87. The lowest BCUT2D eigenvalue weighted by Crippen LogP contribution is -2.24. The van der Waals surface area contributed by atoms with E-state index in [1.165, 1.54) is 6.07 Å². The van der Waals surface area contributed by atoms with E-state index < -0.39 is 5.91 Å². The van der Waals surface area contributed by atoms with Crippen molar-refractivity contribution < 1.29 is 14.3 Å². The molecule has 6 nitrogen and oxygen atoms in total. The molecular formula is C17H15N3O3. The van der Waals surface area contributed by atoms with Crippen LogP contribution in [0.1, 0.15) is 21.5 Å². The van der Waals surface area contributed by atoms with Gasteiger partial charge >= 0.3 is 0 Å². The summed E-state index contributed by atoms with van der Waals surface area (Å²) in [5, 5.41) is 11.7. The molecule has 116 valence electrons. The Kier molecular flexibility index (Phi) is 5.31. The Morgan fingerprint density at radius 1 is 1.17 bits per heavy atom. The molecule has 3 N–H and O–H groups in total. The number of nitrogens with one attached hydrogen (secondary N) is 1. The Bertz CT molecular complexity index is 751. The summed E-state index contributed by atoms with van der Waals surface area (Å²) in [6, 6.07) is 15.6. The molecule has 0 aliphatic heterocycles. The molecule has 0 aromatic heterocycles. The lowest BCUT2D eigenvalue weighted by Gasteiger charge is -2.12. The zero-order valence-corrected chi connectivity index (χ0v) is 12.3. The smallest absolute Gasteiger partial charge is 0.255 e. The van der Waals surface area contributed by atoms with Gasteiger partial charge in [0.15, 0.2) is 6.61 Å². The third kappa shape index (κ3) is 4.58. The number of ether oxygens (including phenoxy) is 1. The van der Waals surface area contributed by atoms with Crippen LogP contribution in [0.4, 0.5) is 0 Å². The second-order valence-corrected chi connectivity index (χ2v) is 4.74. The van der Waals surface area contributed by atoms with Crippen molar-refractivity contribution >= 4 is 11.8 Å². The van der Waals surface area contributed by atoms with Crippen LogP contribution in [0.2, 0.25) is 0 Å². The number of carbonyl (C=O) groups is 2. The zero-order valence-electron chi connectivity index (χ0n) is 12.3. The van der Waals surface area contributed by atoms with Gasteiger partial charge in [0, 0.05) is 17.7 Å². The molecule has 6 heteroatoms. The molecule has 0 fully saturated rings.